The molecule has 1 saturated carbocycles. The van der Waals surface area contributed by atoms with Crippen molar-refractivity contribution >= 4 is 31.6 Å². The van der Waals surface area contributed by atoms with Crippen LogP contribution in [-0.4, -0.2) is 24.9 Å². The van der Waals surface area contributed by atoms with Crippen LogP contribution in [0.2, 0.25) is 0 Å². The number of nitrogens with one attached hydrogen (secondary N) is 1. The van der Waals surface area contributed by atoms with Gasteiger partial charge in [0.15, 0.2) is 0 Å². The third kappa shape index (κ3) is 3.24. The minimum absolute atomic E-state index is 0.521. The van der Waals surface area contributed by atoms with E-state index in [9.17, 15) is 13.5 Å². The standard InChI is InChI=1S/C12H16BrNO3S/c13-9-5-7-10(8-6-9)14-18(16,17)12-4-2-1-3-11(12)15/h5-8,11-12,14-15H,1-4H2/t11-,12+/m0/s1. The van der Waals surface area contributed by atoms with Gasteiger partial charge in [0, 0.05) is 10.2 Å². The first kappa shape index (κ1) is 13.8. The number of sulfonamides is 1. The van der Waals surface area contributed by atoms with E-state index in [1.165, 1.54) is 0 Å². The molecule has 0 unspecified atom stereocenters. The van der Waals surface area contributed by atoms with Crippen LogP contribution in [0.25, 0.3) is 0 Å². The second-order valence-corrected chi connectivity index (χ2v) is 7.36. The van der Waals surface area contributed by atoms with Gasteiger partial charge in [-0.3, -0.25) is 4.72 Å². The van der Waals surface area contributed by atoms with Gasteiger partial charge < -0.3 is 5.11 Å². The molecule has 0 aliphatic heterocycles. The van der Waals surface area contributed by atoms with Crippen molar-refractivity contribution in [2.75, 3.05) is 4.72 Å². The molecule has 0 saturated heterocycles. The molecule has 0 radical (unpaired) electrons. The van der Waals surface area contributed by atoms with Crippen molar-refractivity contribution in [3.8, 4) is 0 Å². The topological polar surface area (TPSA) is 66.4 Å². The summed E-state index contributed by atoms with van der Waals surface area (Å²) in [6, 6.07) is 6.93. The first-order valence-corrected chi connectivity index (χ1v) is 8.28. The zero-order valence-corrected chi connectivity index (χ0v) is 12.2. The fourth-order valence-electron chi connectivity index (χ4n) is 2.20. The van der Waals surface area contributed by atoms with Crippen LogP contribution in [0.15, 0.2) is 28.7 Å². The molecular formula is C12H16BrNO3S. The highest BCUT2D eigenvalue weighted by Gasteiger charge is 2.34. The van der Waals surface area contributed by atoms with Crippen molar-refractivity contribution in [2.45, 2.75) is 37.0 Å². The molecule has 2 atom stereocenters. The normalized spacial score (nSPS) is 24.8. The Morgan fingerprint density at radius 3 is 2.39 bits per heavy atom. The van der Waals surface area contributed by atoms with Gasteiger partial charge in [-0.2, -0.15) is 0 Å². The Labute approximate surface area is 116 Å². The number of benzene rings is 1. The van der Waals surface area contributed by atoms with Gasteiger partial charge in [0.2, 0.25) is 10.0 Å². The second-order valence-electron chi connectivity index (χ2n) is 4.54. The van der Waals surface area contributed by atoms with Crippen LogP contribution in [0.5, 0.6) is 0 Å². The fraction of sp³-hybridized carbons (Fsp3) is 0.500. The third-order valence-electron chi connectivity index (χ3n) is 3.17. The van der Waals surface area contributed by atoms with E-state index in [1.807, 2.05) is 0 Å². The molecule has 0 amide bonds. The molecule has 1 aliphatic carbocycles. The molecule has 18 heavy (non-hydrogen) atoms. The van der Waals surface area contributed by atoms with Crippen LogP contribution in [0.4, 0.5) is 5.69 Å². The molecular weight excluding hydrogens is 318 g/mol. The number of hydrogen-bond acceptors (Lipinski definition) is 3. The second kappa shape index (κ2) is 5.59. The Kier molecular flexibility index (Phi) is 4.29. The van der Waals surface area contributed by atoms with E-state index in [0.717, 1.165) is 17.3 Å². The highest BCUT2D eigenvalue weighted by molar-refractivity contribution is 9.10. The molecule has 6 heteroatoms. The first-order chi connectivity index (χ1) is 8.49. The number of aliphatic hydroxyl groups is 1. The van der Waals surface area contributed by atoms with Gasteiger partial charge in [-0.15, -0.1) is 0 Å². The van der Waals surface area contributed by atoms with Gasteiger partial charge in [0.1, 0.15) is 5.25 Å². The molecule has 2 N–H and O–H groups in total. The number of hydrogen-bond donors (Lipinski definition) is 2. The van der Waals surface area contributed by atoms with Crippen molar-refractivity contribution in [1.29, 1.82) is 0 Å². The molecule has 1 aliphatic rings. The lowest BCUT2D eigenvalue weighted by molar-refractivity contribution is 0.133. The maximum atomic E-state index is 12.2. The molecule has 4 nitrogen and oxygen atoms in total. The smallest absolute Gasteiger partial charge is 0.238 e. The summed E-state index contributed by atoms with van der Waals surface area (Å²) in [7, 11) is -3.51. The summed E-state index contributed by atoms with van der Waals surface area (Å²) in [6.45, 7) is 0. The predicted octanol–water partition coefficient (Wildman–Crippen LogP) is 2.49. The summed E-state index contributed by atoms with van der Waals surface area (Å²) in [6.07, 6.45) is 2.07. The van der Waals surface area contributed by atoms with E-state index < -0.39 is 21.4 Å². The third-order valence-corrected chi connectivity index (χ3v) is 5.57. The molecule has 0 heterocycles. The molecule has 0 spiro atoms. The summed E-state index contributed by atoms with van der Waals surface area (Å²) < 4.78 is 27.8. The van der Waals surface area contributed by atoms with Gasteiger partial charge in [0.05, 0.1) is 6.10 Å². The van der Waals surface area contributed by atoms with Crippen LogP contribution < -0.4 is 4.72 Å². The lowest BCUT2D eigenvalue weighted by atomic mass is 9.97. The summed E-state index contributed by atoms with van der Waals surface area (Å²) in [4.78, 5) is 0. The Morgan fingerprint density at radius 1 is 1.17 bits per heavy atom. The van der Waals surface area contributed by atoms with E-state index in [-0.39, 0.29) is 0 Å². The van der Waals surface area contributed by atoms with Gasteiger partial charge in [-0.25, -0.2) is 8.42 Å². The first-order valence-electron chi connectivity index (χ1n) is 5.94. The lowest BCUT2D eigenvalue weighted by Gasteiger charge is -2.27. The number of anilines is 1. The molecule has 1 aromatic carbocycles. The molecule has 1 aromatic rings. The molecule has 0 aromatic heterocycles. The van der Waals surface area contributed by atoms with Gasteiger partial charge in [-0.05, 0) is 37.1 Å². The van der Waals surface area contributed by atoms with Crippen LogP contribution in [0.1, 0.15) is 25.7 Å². The van der Waals surface area contributed by atoms with Crippen LogP contribution in [0.3, 0.4) is 0 Å². The average molecular weight is 334 g/mol. The zero-order chi connectivity index (χ0) is 13.2. The lowest BCUT2D eigenvalue weighted by Crippen LogP contribution is -2.40. The zero-order valence-electron chi connectivity index (χ0n) is 9.84. The van der Waals surface area contributed by atoms with Crippen molar-refractivity contribution in [2.24, 2.45) is 0 Å². The van der Waals surface area contributed by atoms with Crippen LogP contribution >= 0.6 is 15.9 Å². The number of aliphatic hydroxyl groups excluding tert-OH is 1. The van der Waals surface area contributed by atoms with Crippen molar-refractivity contribution in [3.63, 3.8) is 0 Å². The summed E-state index contributed by atoms with van der Waals surface area (Å²) in [5.41, 5.74) is 0.524. The van der Waals surface area contributed by atoms with Crippen LogP contribution in [0, 0.1) is 0 Å². The summed E-state index contributed by atoms with van der Waals surface area (Å²) in [5.74, 6) is 0. The maximum Gasteiger partial charge on any atom is 0.238 e. The van der Waals surface area contributed by atoms with Gasteiger partial charge in [-0.1, -0.05) is 28.8 Å². The van der Waals surface area contributed by atoms with Gasteiger partial charge in [0.25, 0.3) is 0 Å². The Morgan fingerprint density at radius 2 is 1.78 bits per heavy atom. The maximum absolute atomic E-state index is 12.2. The van der Waals surface area contributed by atoms with E-state index in [0.29, 0.717) is 18.5 Å². The van der Waals surface area contributed by atoms with Crippen molar-refractivity contribution < 1.29 is 13.5 Å². The summed E-state index contributed by atoms with van der Waals surface area (Å²) >= 11 is 3.29. The van der Waals surface area contributed by atoms with E-state index in [1.54, 1.807) is 24.3 Å². The molecule has 2 rings (SSSR count). The van der Waals surface area contributed by atoms with E-state index in [4.69, 9.17) is 0 Å². The minimum Gasteiger partial charge on any atom is -0.392 e. The Hall–Kier alpha value is -0.590. The van der Waals surface area contributed by atoms with Crippen molar-refractivity contribution in [3.05, 3.63) is 28.7 Å². The predicted molar refractivity (Wildman–Crippen MR) is 74.9 cm³/mol. The quantitative estimate of drug-likeness (QED) is 0.893. The molecule has 0 bridgehead atoms. The fourth-order valence-corrected chi connectivity index (χ4v) is 4.10. The number of halogens is 1. The van der Waals surface area contributed by atoms with E-state index in [2.05, 4.69) is 20.7 Å². The summed E-state index contributed by atoms with van der Waals surface area (Å²) in [5, 5.41) is 9.10. The highest BCUT2D eigenvalue weighted by atomic mass is 79.9. The highest BCUT2D eigenvalue weighted by Crippen LogP contribution is 2.26. The number of rotatable bonds is 3. The Bertz CT molecular complexity index is 501. The minimum atomic E-state index is -3.51. The Balaban J connectivity index is 2.13. The molecule has 100 valence electrons. The molecule has 1 fully saturated rings. The van der Waals surface area contributed by atoms with Gasteiger partial charge >= 0.3 is 0 Å². The van der Waals surface area contributed by atoms with Crippen molar-refractivity contribution in [1.82, 2.24) is 0 Å². The SMILES string of the molecule is O=S(=O)(Nc1ccc(Br)cc1)[C@@H]1CCCC[C@@H]1O. The monoisotopic (exact) mass is 333 g/mol. The van der Waals surface area contributed by atoms with E-state index >= 15 is 0 Å². The largest absolute Gasteiger partial charge is 0.392 e. The average Bonchev–Trinajstić information content (AvgIpc) is 2.32. The van der Waals surface area contributed by atoms with Crippen LogP contribution in [-0.2, 0) is 10.0 Å².